The first-order chi connectivity index (χ1) is 7.81. The van der Waals surface area contributed by atoms with E-state index in [0.29, 0.717) is 11.6 Å². The maximum atomic E-state index is 5.87. The number of nitrogen functional groups attached to an aromatic ring is 1. The van der Waals surface area contributed by atoms with Crippen LogP contribution in [0.4, 0.5) is 5.82 Å². The van der Waals surface area contributed by atoms with Gasteiger partial charge in [-0.15, -0.1) is 11.8 Å². The van der Waals surface area contributed by atoms with E-state index in [4.69, 9.17) is 5.73 Å². The smallest absolute Gasteiger partial charge is 0.159 e. The summed E-state index contributed by atoms with van der Waals surface area (Å²) in [6.07, 6.45) is 4.27. The summed E-state index contributed by atoms with van der Waals surface area (Å²) in [4.78, 5) is 7.96. The Bertz CT molecular complexity index is 453. The van der Waals surface area contributed by atoms with E-state index >= 15 is 0 Å². The zero-order chi connectivity index (χ0) is 11.4. The van der Waals surface area contributed by atoms with Gasteiger partial charge in [0.2, 0.25) is 0 Å². The molecule has 2 heterocycles. The molecule has 0 atom stereocenters. The Balaban J connectivity index is 2.25. The Morgan fingerprint density at radius 2 is 2.38 bits per heavy atom. The first-order valence-electron chi connectivity index (χ1n) is 5.06. The predicted molar refractivity (Wildman–Crippen MR) is 64.6 cm³/mol. The van der Waals surface area contributed by atoms with Crippen molar-refractivity contribution in [2.24, 2.45) is 0 Å². The van der Waals surface area contributed by atoms with Crippen LogP contribution in [0.5, 0.6) is 0 Å². The molecule has 0 bridgehead atoms. The van der Waals surface area contributed by atoms with Gasteiger partial charge >= 0.3 is 0 Å². The summed E-state index contributed by atoms with van der Waals surface area (Å²) in [6.45, 7) is 2.14. The molecule has 2 aromatic rings. The summed E-state index contributed by atoms with van der Waals surface area (Å²) in [5.41, 5.74) is 5.87. The lowest BCUT2D eigenvalue weighted by atomic mass is 10.5. The largest absolute Gasteiger partial charge is 0.383 e. The van der Waals surface area contributed by atoms with E-state index in [2.05, 4.69) is 22.0 Å². The molecular weight excluding hydrogens is 222 g/mol. The first kappa shape index (κ1) is 10.9. The van der Waals surface area contributed by atoms with Gasteiger partial charge in [-0.05, 0) is 12.2 Å². The van der Waals surface area contributed by atoms with Gasteiger partial charge < -0.3 is 5.73 Å². The third kappa shape index (κ3) is 2.33. The molecule has 0 saturated heterocycles. The average Bonchev–Trinajstić information content (AvgIpc) is 2.69. The highest BCUT2D eigenvalue weighted by molar-refractivity contribution is 7.99. The van der Waals surface area contributed by atoms with Crippen molar-refractivity contribution >= 4 is 17.6 Å². The molecule has 5 nitrogen and oxygen atoms in total. The van der Waals surface area contributed by atoms with E-state index in [0.717, 1.165) is 17.2 Å². The van der Waals surface area contributed by atoms with Crippen molar-refractivity contribution in [3.05, 3.63) is 24.7 Å². The molecule has 84 valence electrons. The highest BCUT2D eigenvalue weighted by Gasteiger charge is 2.07. The monoisotopic (exact) mass is 235 g/mol. The second kappa shape index (κ2) is 4.98. The standard InChI is InChI=1S/C10H13N5S/c1-2-5-16-10-6-8(11)15(14-10)9-3-4-12-7-13-9/h3-4,6-7H,2,5,11H2,1H3. The average molecular weight is 235 g/mol. The van der Waals surface area contributed by atoms with Crippen LogP contribution in [0, 0.1) is 0 Å². The number of hydrogen-bond acceptors (Lipinski definition) is 5. The van der Waals surface area contributed by atoms with E-state index in [-0.39, 0.29) is 0 Å². The van der Waals surface area contributed by atoms with Crippen LogP contribution in [0.15, 0.2) is 29.7 Å². The SMILES string of the molecule is CCCSc1cc(N)n(-c2ccncn2)n1. The second-order valence-electron chi connectivity index (χ2n) is 3.24. The molecule has 0 spiro atoms. The normalized spacial score (nSPS) is 10.6. The van der Waals surface area contributed by atoms with Gasteiger partial charge in [-0.25, -0.2) is 9.97 Å². The summed E-state index contributed by atoms with van der Waals surface area (Å²) in [7, 11) is 0. The van der Waals surface area contributed by atoms with Gasteiger partial charge in [0.05, 0.1) is 0 Å². The maximum Gasteiger partial charge on any atom is 0.159 e. The summed E-state index contributed by atoms with van der Waals surface area (Å²) in [5, 5.41) is 5.31. The zero-order valence-electron chi connectivity index (χ0n) is 9.00. The number of rotatable bonds is 4. The second-order valence-corrected chi connectivity index (χ2v) is 4.35. The molecule has 2 aromatic heterocycles. The molecule has 16 heavy (non-hydrogen) atoms. The van der Waals surface area contributed by atoms with E-state index in [9.17, 15) is 0 Å². The molecule has 0 aliphatic heterocycles. The van der Waals surface area contributed by atoms with Crippen LogP contribution < -0.4 is 5.73 Å². The third-order valence-electron chi connectivity index (χ3n) is 1.95. The minimum Gasteiger partial charge on any atom is -0.383 e. The number of hydrogen-bond donors (Lipinski definition) is 1. The van der Waals surface area contributed by atoms with Gasteiger partial charge in [-0.1, -0.05) is 6.92 Å². The van der Waals surface area contributed by atoms with Crippen molar-refractivity contribution < 1.29 is 0 Å². The van der Waals surface area contributed by atoms with Crippen LogP contribution in [-0.2, 0) is 0 Å². The number of thioether (sulfide) groups is 1. The molecular formula is C10H13N5S. The summed E-state index contributed by atoms with van der Waals surface area (Å²) in [5.74, 6) is 2.33. The van der Waals surface area contributed by atoms with E-state index < -0.39 is 0 Å². The summed E-state index contributed by atoms with van der Waals surface area (Å²) >= 11 is 1.69. The lowest BCUT2D eigenvalue weighted by Crippen LogP contribution is -2.03. The molecule has 0 aliphatic carbocycles. The quantitative estimate of drug-likeness (QED) is 0.817. The molecule has 6 heteroatoms. The Kier molecular flexibility index (Phi) is 3.40. The molecule has 0 fully saturated rings. The van der Waals surface area contributed by atoms with Gasteiger partial charge in [0.25, 0.3) is 0 Å². The lowest BCUT2D eigenvalue weighted by Gasteiger charge is -2.00. The van der Waals surface area contributed by atoms with Crippen LogP contribution in [0.2, 0.25) is 0 Å². The Morgan fingerprint density at radius 3 is 3.06 bits per heavy atom. The van der Waals surface area contributed by atoms with Crippen LogP contribution in [0.3, 0.4) is 0 Å². The highest BCUT2D eigenvalue weighted by Crippen LogP contribution is 2.21. The molecule has 0 radical (unpaired) electrons. The van der Waals surface area contributed by atoms with Crippen molar-refractivity contribution in [2.75, 3.05) is 11.5 Å². The van der Waals surface area contributed by atoms with Gasteiger partial charge in [0, 0.05) is 18.3 Å². The zero-order valence-corrected chi connectivity index (χ0v) is 9.81. The van der Waals surface area contributed by atoms with Gasteiger partial charge in [-0.2, -0.15) is 9.78 Å². The van der Waals surface area contributed by atoms with Crippen LogP contribution in [0.25, 0.3) is 5.82 Å². The summed E-state index contributed by atoms with van der Waals surface area (Å²) < 4.78 is 1.62. The van der Waals surface area contributed by atoms with Crippen molar-refractivity contribution in [1.29, 1.82) is 0 Å². The minimum absolute atomic E-state index is 0.595. The van der Waals surface area contributed by atoms with Crippen LogP contribution >= 0.6 is 11.8 Å². The minimum atomic E-state index is 0.595. The third-order valence-corrected chi connectivity index (χ3v) is 3.06. The maximum absolute atomic E-state index is 5.87. The van der Waals surface area contributed by atoms with E-state index in [1.807, 2.05) is 6.07 Å². The van der Waals surface area contributed by atoms with Crippen molar-refractivity contribution in [2.45, 2.75) is 18.4 Å². The van der Waals surface area contributed by atoms with Gasteiger partial charge in [0.1, 0.15) is 17.2 Å². The topological polar surface area (TPSA) is 69.6 Å². The number of nitrogens with two attached hydrogens (primary N) is 1. The van der Waals surface area contributed by atoms with Crippen molar-refractivity contribution in [3.8, 4) is 5.82 Å². The number of anilines is 1. The highest BCUT2D eigenvalue weighted by atomic mass is 32.2. The summed E-state index contributed by atoms with van der Waals surface area (Å²) in [6, 6.07) is 3.64. The molecule has 0 amide bonds. The first-order valence-corrected chi connectivity index (χ1v) is 6.04. The Hall–Kier alpha value is -1.56. The lowest BCUT2D eigenvalue weighted by molar-refractivity contribution is 0.813. The Labute approximate surface area is 98.1 Å². The fourth-order valence-electron chi connectivity index (χ4n) is 1.24. The number of nitrogens with zero attached hydrogens (tertiary/aromatic N) is 4. The van der Waals surface area contributed by atoms with Crippen molar-refractivity contribution in [3.63, 3.8) is 0 Å². The predicted octanol–water partition coefficient (Wildman–Crippen LogP) is 1.75. The van der Waals surface area contributed by atoms with Crippen molar-refractivity contribution in [1.82, 2.24) is 19.7 Å². The molecule has 0 saturated carbocycles. The molecule has 2 N–H and O–H groups in total. The van der Waals surface area contributed by atoms with Gasteiger partial charge in [-0.3, -0.25) is 0 Å². The van der Waals surface area contributed by atoms with Gasteiger partial charge in [0.15, 0.2) is 5.82 Å². The number of aromatic nitrogens is 4. The fraction of sp³-hybridized carbons (Fsp3) is 0.300. The van der Waals surface area contributed by atoms with E-state index in [1.165, 1.54) is 6.33 Å². The van der Waals surface area contributed by atoms with Crippen LogP contribution in [-0.4, -0.2) is 25.5 Å². The Morgan fingerprint density at radius 1 is 1.50 bits per heavy atom. The fourth-order valence-corrected chi connectivity index (χ4v) is 2.00. The molecule has 0 aromatic carbocycles. The molecule has 0 aliphatic rings. The van der Waals surface area contributed by atoms with E-state index in [1.54, 1.807) is 28.7 Å². The molecule has 0 unspecified atom stereocenters. The molecule has 2 rings (SSSR count). The van der Waals surface area contributed by atoms with Crippen LogP contribution in [0.1, 0.15) is 13.3 Å².